The minimum Gasteiger partial charge on any atom is -0.357 e. The second-order valence-corrected chi connectivity index (χ2v) is 8.15. The molecule has 0 aromatic carbocycles. The first kappa shape index (κ1) is 23.6. The number of aliphatic imine (C=N–C) groups is 1. The van der Waals surface area contributed by atoms with Crippen molar-refractivity contribution in [2.45, 2.75) is 49.9 Å². The highest BCUT2D eigenvalue weighted by molar-refractivity contribution is 14.0. The van der Waals surface area contributed by atoms with E-state index in [2.05, 4.69) is 54.1 Å². The van der Waals surface area contributed by atoms with Gasteiger partial charge in [-0.25, -0.2) is 0 Å². The summed E-state index contributed by atoms with van der Waals surface area (Å²) in [5.41, 5.74) is 1.20. The predicted molar refractivity (Wildman–Crippen MR) is 124 cm³/mol. The Morgan fingerprint density at radius 2 is 2.23 bits per heavy atom. The van der Waals surface area contributed by atoms with Gasteiger partial charge in [0, 0.05) is 36.6 Å². The maximum Gasteiger partial charge on any atom is 0.191 e. The maximum atomic E-state index is 4.87. The van der Waals surface area contributed by atoms with Crippen LogP contribution >= 0.6 is 35.7 Å². The molecule has 0 amide bonds. The fourth-order valence-corrected chi connectivity index (χ4v) is 4.19. The van der Waals surface area contributed by atoms with E-state index < -0.39 is 0 Å². The Bertz CT molecular complexity index is 548. The van der Waals surface area contributed by atoms with Crippen molar-refractivity contribution in [3.05, 3.63) is 18.0 Å². The molecule has 2 N–H and O–H groups in total. The van der Waals surface area contributed by atoms with E-state index in [1.54, 1.807) is 0 Å². The minimum absolute atomic E-state index is 0. The summed E-state index contributed by atoms with van der Waals surface area (Å²) >= 11 is 2.00. The summed E-state index contributed by atoms with van der Waals surface area (Å²) in [7, 11) is 6.14. The topological polar surface area (TPSA) is 57.5 Å². The molecule has 2 rings (SSSR count). The number of guanidine groups is 1. The van der Waals surface area contributed by atoms with E-state index in [1.807, 2.05) is 29.7 Å². The van der Waals surface area contributed by atoms with Gasteiger partial charge in [-0.2, -0.15) is 16.9 Å². The van der Waals surface area contributed by atoms with E-state index in [9.17, 15) is 0 Å². The Balaban J connectivity index is 0.00000338. The van der Waals surface area contributed by atoms with Gasteiger partial charge in [0.2, 0.25) is 0 Å². The third-order valence-corrected chi connectivity index (χ3v) is 5.89. The zero-order chi connectivity index (χ0) is 18.2. The molecule has 3 atom stereocenters. The zero-order valence-corrected chi connectivity index (χ0v) is 19.9. The Labute approximate surface area is 180 Å². The van der Waals surface area contributed by atoms with E-state index in [0.29, 0.717) is 12.6 Å². The number of aryl methyl sites for hydroxylation is 1. The molecule has 1 aromatic rings. The fourth-order valence-electron chi connectivity index (χ4n) is 3.36. The predicted octanol–water partition coefficient (Wildman–Crippen LogP) is 2.87. The summed E-state index contributed by atoms with van der Waals surface area (Å²) in [6, 6.07) is 0.759. The van der Waals surface area contributed by atoms with Crippen molar-refractivity contribution in [3.63, 3.8) is 0 Å². The molecule has 1 heterocycles. The number of nitrogens with one attached hydrogen (secondary N) is 2. The zero-order valence-electron chi connectivity index (χ0n) is 16.7. The molecule has 0 bridgehead atoms. The number of thioether (sulfide) groups is 1. The molecule has 150 valence electrons. The molecule has 6 nitrogen and oxygen atoms in total. The quantitative estimate of drug-likeness (QED) is 0.347. The van der Waals surface area contributed by atoms with Gasteiger partial charge in [0.15, 0.2) is 5.96 Å². The van der Waals surface area contributed by atoms with Crippen molar-refractivity contribution >= 4 is 41.7 Å². The van der Waals surface area contributed by atoms with Crippen LogP contribution in [-0.2, 0) is 7.05 Å². The van der Waals surface area contributed by atoms with Crippen LogP contribution in [0.15, 0.2) is 17.4 Å². The van der Waals surface area contributed by atoms with Crippen molar-refractivity contribution in [1.29, 1.82) is 0 Å². The number of hydrogen-bond acceptors (Lipinski definition) is 4. The van der Waals surface area contributed by atoms with Crippen LogP contribution in [0.25, 0.3) is 0 Å². The lowest BCUT2D eigenvalue weighted by Gasteiger charge is -2.30. The molecule has 1 aliphatic rings. The highest BCUT2D eigenvalue weighted by Gasteiger charge is 2.22. The molecular weight excluding hydrogens is 459 g/mol. The smallest absolute Gasteiger partial charge is 0.191 e. The van der Waals surface area contributed by atoms with Crippen molar-refractivity contribution < 1.29 is 0 Å². The van der Waals surface area contributed by atoms with Crippen LogP contribution in [0.2, 0.25) is 0 Å². The van der Waals surface area contributed by atoms with Gasteiger partial charge in [0.25, 0.3) is 0 Å². The van der Waals surface area contributed by atoms with E-state index in [1.165, 1.54) is 31.2 Å². The maximum absolute atomic E-state index is 4.87. The minimum atomic E-state index is 0. The number of aromatic nitrogens is 2. The summed E-state index contributed by atoms with van der Waals surface area (Å²) in [5, 5.41) is 12.1. The lowest BCUT2D eigenvalue weighted by molar-refractivity contribution is 0.306. The van der Waals surface area contributed by atoms with Crippen molar-refractivity contribution in [3.8, 4) is 0 Å². The third-order valence-electron chi connectivity index (χ3n) is 4.80. The lowest BCUT2D eigenvalue weighted by atomic mass is 9.95. The number of rotatable bonds is 7. The molecule has 1 saturated carbocycles. The monoisotopic (exact) mass is 494 g/mol. The standard InChI is InChI=1S/C18H34N6S.HI/c1-6-19-18(22-15-8-7-9-16(10-15)25-5)20-12-17(23(2)3)14-11-21-24(4)13-14;/h11,13,15-17H,6-10,12H2,1-5H3,(H2,19,20,22);1H. The van der Waals surface area contributed by atoms with Crippen molar-refractivity contribution in [2.24, 2.45) is 12.0 Å². The van der Waals surface area contributed by atoms with Gasteiger partial charge in [-0.15, -0.1) is 24.0 Å². The van der Waals surface area contributed by atoms with Crippen molar-refractivity contribution in [1.82, 2.24) is 25.3 Å². The highest BCUT2D eigenvalue weighted by Crippen LogP contribution is 2.26. The van der Waals surface area contributed by atoms with Crippen LogP contribution in [0.1, 0.15) is 44.2 Å². The Kier molecular flexibility index (Phi) is 10.9. The lowest BCUT2D eigenvalue weighted by Crippen LogP contribution is -2.46. The molecule has 1 fully saturated rings. The van der Waals surface area contributed by atoms with Gasteiger partial charge in [0.1, 0.15) is 0 Å². The summed E-state index contributed by atoms with van der Waals surface area (Å²) in [6.45, 7) is 3.71. The van der Waals surface area contributed by atoms with Gasteiger partial charge in [-0.3, -0.25) is 9.67 Å². The molecular formula is C18H35IN6S. The molecule has 0 saturated heterocycles. The first-order valence-corrected chi connectivity index (χ1v) is 10.5. The molecule has 3 unspecified atom stereocenters. The van der Waals surface area contributed by atoms with Gasteiger partial charge in [-0.1, -0.05) is 6.42 Å². The average molecular weight is 494 g/mol. The largest absolute Gasteiger partial charge is 0.357 e. The molecule has 0 aliphatic heterocycles. The normalized spacial score (nSPS) is 22.0. The summed E-state index contributed by atoms with van der Waals surface area (Å²) in [6.07, 6.45) is 11.3. The van der Waals surface area contributed by atoms with Crippen LogP contribution in [0.5, 0.6) is 0 Å². The highest BCUT2D eigenvalue weighted by atomic mass is 127. The second-order valence-electron chi connectivity index (χ2n) is 7.01. The molecule has 8 heteroatoms. The van der Waals surface area contributed by atoms with Gasteiger partial charge in [0.05, 0.1) is 18.8 Å². The van der Waals surface area contributed by atoms with Crippen LogP contribution in [0.3, 0.4) is 0 Å². The van der Waals surface area contributed by atoms with Gasteiger partial charge >= 0.3 is 0 Å². The van der Waals surface area contributed by atoms with E-state index in [0.717, 1.165) is 17.8 Å². The summed E-state index contributed by atoms with van der Waals surface area (Å²) < 4.78 is 1.85. The summed E-state index contributed by atoms with van der Waals surface area (Å²) in [4.78, 5) is 7.08. The van der Waals surface area contributed by atoms with Gasteiger partial charge in [-0.05, 0) is 46.5 Å². The van der Waals surface area contributed by atoms with Crippen LogP contribution in [-0.4, -0.2) is 65.4 Å². The Morgan fingerprint density at radius 1 is 1.46 bits per heavy atom. The number of halogens is 1. The fraction of sp³-hybridized carbons (Fsp3) is 0.778. The van der Waals surface area contributed by atoms with E-state index in [-0.39, 0.29) is 30.0 Å². The second kappa shape index (κ2) is 12.1. The number of nitrogens with zero attached hydrogens (tertiary/aromatic N) is 4. The number of hydrogen-bond donors (Lipinski definition) is 2. The Hall–Kier alpha value is -0.480. The van der Waals surface area contributed by atoms with E-state index >= 15 is 0 Å². The first-order valence-electron chi connectivity index (χ1n) is 9.26. The molecule has 26 heavy (non-hydrogen) atoms. The van der Waals surface area contributed by atoms with Gasteiger partial charge < -0.3 is 15.5 Å². The molecule has 0 radical (unpaired) electrons. The third kappa shape index (κ3) is 7.26. The molecule has 1 aliphatic carbocycles. The number of likely N-dealkylation sites (N-methyl/N-ethyl adjacent to an activating group) is 1. The summed E-state index contributed by atoms with van der Waals surface area (Å²) in [5.74, 6) is 0.935. The van der Waals surface area contributed by atoms with Crippen LogP contribution < -0.4 is 10.6 Å². The Morgan fingerprint density at radius 3 is 2.81 bits per heavy atom. The van der Waals surface area contributed by atoms with Crippen LogP contribution in [0, 0.1) is 0 Å². The van der Waals surface area contributed by atoms with Crippen molar-refractivity contribution in [2.75, 3.05) is 33.4 Å². The van der Waals surface area contributed by atoms with Crippen LogP contribution in [0.4, 0.5) is 0 Å². The SMILES string of the molecule is CCNC(=NCC(c1cnn(C)c1)N(C)C)NC1CCCC(SC)C1.I. The average Bonchev–Trinajstić information content (AvgIpc) is 3.01. The molecule has 0 spiro atoms. The first-order chi connectivity index (χ1) is 12.0. The van der Waals surface area contributed by atoms with E-state index in [4.69, 9.17) is 4.99 Å². The molecule has 1 aromatic heterocycles.